The minimum atomic E-state index is -0.513. The van der Waals surface area contributed by atoms with Crippen molar-refractivity contribution in [1.29, 1.82) is 0 Å². The van der Waals surface area contributed by atoms with E-state index in [-0.39, 0.29) is 5.91 Å². The smallest absolute Gasteiger partial charge is 0.240 e. The first-order chi connectivity index (χ1) is 10.0. The van der Waals surface area contributed by atoms with E-state index in [9.17, 15) is 4.79 Å². The molecule has 0 fully saturated rings. The normalized spacial score (nSPS) is 12.4. The molecule has 0 spiro atoms. The Labute approximate surface area is 128 Å². The van der Waals surface area contributed by atoms with Crippen LogP contribution < -0.4 is 11.1 Å². The van der Waals surface area contributed by atoms with E-state index in [2.05, 4.69) is 20.6 Å². The number of thiazole rings is 1. The van der Waals surface area contributed by atoms with Gasteiger partial charge in [0.2, 0.25) is 5.91 Å². The third-order valence-electron chi connectivity index (χ3n) is 2.98. The van der Waals surface area contributed by atoms with Crippen molar-refractivity contribution in [2.45, 2.75) is 26.1 Å². The lowest BCUT2D eigenvalue weighted by Crippen LogP contribution is -2.32. The van der Waals surface area contributed by atoms with Crippen molar-refractivity contribution < 1.29 is 4.79 Å². The minimum Gasteiger partial charge on any atom is -0.325 e. The summed E-state index contributed by atoms with van der Waals surface area (Å²) >= 11 is 1.60. The number of amides is 1. The molecule has 0 saturated carbocycles. The third-order valence-corrected chi connectivity index (χ3v) is 3.61. The van der Waals surface area contributed by atoms with Gasteiger partial charge in [0.05, 0.1) is 17.2 Å². The van der Waals surface area contributed by atoms with Crippen LogP contribution in [0.3, 0.4) is 0 Å². The van der Waals surface area contributed by atoms with Crippen molar-refractivity contribution in [1.82, 2.24) is 9.88 Å². The lowest BCUT2D eigenvalue weighted by Gasteiger charge is -2.16. The van der Waals surface area contributed by atoms with Gasteiger partial charge in [-0.3, -0.25) is 9.69 Å². The number of hydrogen-bond donors (Lipinski definition) is 2. The monoisotopic (exact) mass is 304 g/mol. The summed E-state index contributed by atoms with van der Waals surface area (Å²) in [5.41, 5.74) is 10.4. The topological polar surface area (TPSA) is 71.2 Å². The van der Waals surface area contributed by atoms with Gasteiger partial charge >= 0.3 is 0 Å². The molecule has 1 aromatic heterocycles. The fourth-order valence-electron chi connectivity index (χ4n) is 1.96. The Hall–Kier alpha value is -1.76. The van der Waals surface area contributed by atoms with Gasteiger partial charge in [-0.25, -0.2) is 4.98 Å². The molecule has 0 aliphatic heterocycles. The average Bonchev–Trinajstić information content (AvgIpc) is 2.91. The predicted octanol–water partition coefficient (Wildman–Crippen LogP) is 2.06. The van der Waals surface area contributed by atoms with Crippen molar-refractivity contribution in [3.8, 4) is 0 Å². The number of aromatic nitrogens is 1. The number of benzene rings is 1. The van der Waals surface area contributed by atoms with Gasteiger partial charge in [0.25, 0.3) is 0 Å². The number of nitrogens with zero attached hydrogens (tertiary/aromatic N) is 2. The van der Waals surface area contributed by atoms with Crippen LogP contribution in [-0.2, 0) is 17.9 Å². The van der Waals surface area contributed by atoms with Gasteiger partial charge in [0.1, 0.15) is 0 Å². The van der Waals surface area contributed by atoms with Crippen LogP contribution in [0.5, 0.6) is 0 Å². The van der Waals surface area contributed by atoms with Gasteiger partial charge in [-0.15, -0.1) is 11.3 Å². The highest BCUT2D eigenvalue weighted by Crippen LogP contribution is 2.14. The van der Waals surface area contributed by atoms with Gasteiger partial charge in [0.15, 0.2) is 0 Å². The molecule has 2 aromatic rings. The fraction of sp³-hybridized carbons (Fsp3) is 0.333. The van der Waals surface area contributed by atoms with Crippen molar-refractivity contribution in [3.05, 3.63) is 46.4 Å². The van der Waals surface area contributed by atoms with Crippen LogP contribution >= 0.6 is 11.3 Å². The molecule has 0 saturated heterocycles. The van der Waals surface area contributed by atoms with E-state index in [1.807, 2.05) is 36.8 Å². The van der Waals surface area contributed by atoms with Gasteiger partial charge in [-0.2, -0.15) is 0 Å². The maximum atomic E-state index is 11.6. The number of anilines is 1. The Morgan fingerprint density at radius 3 is 2.95 bits per heavy atom. The summed E-state index contributed by atoms with van der Waals surface area (Å²) in [6.07, 6.45) is 0. The highest BCUT2D eigenvalue weighted by atomic mass is 32.1. The first-order valence-electron chi connectivity index (χ1n) is 6.75. The molecule has 5 nitrogen and oxygen atoms in total. The lowest BCUT2D eigenvalue weighted by molar-refractivity contribution is -0.117. The van der Waals surface area contributed by atoms with Crippen LogP contribution in [0, 0.1) is 0 Å². The first-order valence-corrected chi connectivity index (χ1v) is 7.70. The standard InChI is InChI=1S/C15H20N4OS/c1-11(16)15(20)18-13-5-3-4-12(6-13)7-19(2)8-14-9-21-10-17-14/h3-6,9-11H,7-8,16H2,1-2H3,(H,18,20). The number of hydrogen-bond acceptors (Lipinski definition) is 5. The van der Waals surface area contributed by atoms with E-state index in [1.54, 1.807) is 18.3 Å². The second kappa shape index (κ2) is 7.31. The van der Waals surface area contributed by atoms with Gasteiger partial charge in [-0.1, -0.05) is 12.1 Å². The quantitative estimate of drug-likeness (QED) is 0.857. The largest absolute Gasteiger partial charge is 0.325 e. The van der Waals surface area contributed by atoms with E-state index < -0.39 is 6.04 Å². The lowest BCUT2D eigenvalue weighted by atomic mass is 10.2. The van der Waals surface area contributed by atoms with E-state index in [0.29, 0.717) is 0 Å². The molecular formula is C15H20N4OS. The summed E-state index contributed by atoms with van der Waals surface area (Å²) < 4.78 is 0. The molecule has 1 aromatic carbocycles. The number of nitrogens with two attached hydrogens (primary N) is 1. The third kappa shape index (κ3) is 4.93. The summed E-state index contributed by atoms with van der Waals surface area (Å²) in [7, 11) is 2.05. The Morgan fingerprint density at radius 1 is 1.48 bits per heavy atom. The number of rotatable bonds is 6. The van der Waals surface area contributed by atoms with Gasteiger partial charge < -0.3 is 11.1 Å². The molecule has 2 rings (SSSR count). The first kappa shape index (κ1) is 15.6. The fourth-order valence-corrected chi connectivity index (χ4v) is 2.51. The zero-order valence-corrected chi connectivity index (χ0v) is 13.1. The molecule has 1 atom stereocenters. The zero-order valence-electron chi connectivity index (χ0n) is 12.2. The minimum absolute atomic E-state index is 0.178. The zero-order chi connectivity index (χ0) is 15.2. The van der Waals surface area contributed by atoms with Crippen molar-refractivity contribution in [2.24, 2.45) is 5.73 Å². The molecule has 3 N–H and O–H groups in total. The molecule has 112 valence electrons. The SMILES string of the molecule is CC(N)C(=O)Nc1cccc(CN(C)Cc2cscn2)c1. The number of nitrogens with one attached hydrogen (secondary N) is 1. The summed E-state index contributed by atoms with van der Waals surface area (Å²) in [4.78, 5) is 18.1. The summed E-state index contributed by atoms with van der Waals surface area (Å²) in [5.74, 6) is -0.178. The Balaban J connectivity index is 1.95. The summed E-state index contributed by atoms with van der Waals surface area (Å²) in [6, 6.07) is 7.30. The Bertz CT molecular complexity index is 583. The van der Waals surface area contributed by atoms with E-state index in [0.717, 1.165) is 30.0 Å². The van der Waals surface area contributed by atoms with Crippen LogP contribution in [0.15, 0.2) is 35.2 Å². The second-order valence-electron chi connectivity index (χ2n) is 5.13. The molecule has 1 amide bonds. The van der Waals surface area contributed by atoms with Crippen LogP contribution in [0.2, 0.25) is 0 Å². The van der Waals surface area contributed by atoms with E-state index >= 15 is 0 Å². The maximum Gasteiger partial charge on any atom is 0.240 e. The van der Waals surface area contributed by atoms with Crippen molar-refractivity contribution in [2.75, 3.05) is 12.4 Å². The molecule has 21 heavy (non-hydrogen) atoms. The highest BCUT2D eigenvalue weighted by molar-refractivity contribution is 7.07. The number of carbonyl (C=O) groups excluding carboxylic acids is 1. The van der Waals surface area contributed by atoms with Crippen LogP contribution in [0.1, 0.15) is 18.2 Å². The molecule has 6 heteroatoms. The molecule has 0 radical (unpaired) electrons. The molecule has 1 heterocycles. The van der Waals surface area contributed by atoms with E-state index in [4.69, 9.17) is 5.73 Å². The van der Waals surface area contributed by atoms with Crippen LogP contribution in [-0.4, -0.2) is 28.9 Å². The van der Waals surface area contributed by atoms with Crippen molar-refractivity contribution in [3.63, 3.8) is 0 Å². The predicted molar refractivity (Wildman–Crippen MR) is 86.0 cm³/mol. The molecular weight excluding hydrogens is 284 g/mol. The Kier molecular flexibility index (Phi) is 5.44. The molecule has 0 aliphatic carbocycles. The summed E-state index contributed by atoms with van der Waals surface area (Å²) in [5, 5.41) is 4.86. The van der Waals surface area contributed by atoms with Gasteiger partial charge in [-0.05, 0) is 31.7 Å². The van der Waals surface area contributed by atoms with E-state index in [1.165, 1.54) is 0 Å². The maximum absolute atomic E-state index is 11.6. The van der Waals surface area contributed by atoms with Crippen LogP contribution in [0.4, 0.5) is 5.69 Å². The average molecular weight is 304 g/mol. The molecule has 0 aliphatic rings. The van der Waals surface area contributed by atoms with Crippen molar-refractivity contribution >= 4 is 22.9 Å². The molecule has 1 unspecified atom stereocenters. The molecule has 0 bridgehead atoms. The highest BCUT2D eigenvalue weighted by Gasteiger charge is 2.08. The second-order valence-corrected chi connectivity index (χ2v) is 5.85. The number of carbonyl (C=O) groups is 1. The van der Waals surface area contributed by atoms with Crippen LogP contribution in [0.25, 0.3) is 0 Å². The Morgan fingerprint density at radius 2 is 2.29 bits per heavy atom. The summed E-state index contributed by atoms with van der Waals surface area (Å²) in [6.45, 7) is 3.26. The van der Waals surface area contributed by atoms with Gasteiger partial charge in [0, 0.05) is 24.2 Å².